The second-order valence-corrected chi connectivity index (χ2v) is 5.87. The van der Waals surface area contributed by atoms with Crippen molar-refractivity contribution in [3.63, 3.8) is 0 Å². The third kappa shape index (κ3) is 3.44. The highest BCUT2D eigenvalue weighted by atomic mass is 32.2. The molecule has 0 saturated carbocycles. The van der Waals surface area contributed by atoms with Gasteiger partial charge in [-0.3, -0.25) is 4.57 Å². The van der Waals surface area contributed by atoms with E-state index in [1.807, 2.05) is 6.20 Å². The molecule has 1 N–H and O–H groups in total. The smallest absolute Gasteiger partial charge is 0.240 e. The number of imidazole rings is 1. The monoisotopic (exact) mass is 278 g/mol. The maximum atomic E-state index is 4.47. The minimum atomic E-state index is 0.447. The van der Waals surface area contributed by atoms with E-state index in [4.69, 9.17) is 0 Å². The molecule has 0 radical (unpaired) electrons. The summed E-state index contributed by atoms with van der Waals surface area (Å²) in [6.45, 7) is 6.55. The first kappa shape index (κ1) is 13.8. The van der Waals surface area contributed by atoms with E-state index in [1.165, 1.54) is 0 Å². The van der Waals surface area contributed by atoms with Crippen molar-refractivity contribution >= 4 is 17.7 Å². The van der Waals surface area contributed by atoms with E-state index < -0.39 is 0 Å². The van der Waals surface area contributed by atoms with Crippen LogP contribution in [-0.4, -0.2) is 36.8 Å². The normalized spacial score (nSPS) is 12.7. The van der Waals surface area contributed by atoms with Crippen LogP contribution < -0.4 is 5.32 Å². The van der Waals surface area contributed by atoms with Gasteiger partial charge in [-0.1, -0.05) is 32.5 Å². The number of anilines is 1. The lowest BCUT2D eigenvalue weighted by molar-refractivity contribution is 0.639. The highest BCUT2D eigenvalue weighted by Crippen LogP contribution is 2.25. The van der Waals surface area contributed by atoms with Gasteiger partial charge >= 0.3 is 0 Å². The summed E-state index contributed by atoms with van der Waals surface area (Å²) in [4.78, 5) is 17.2. The number of aromatic nitrogens is 5. The van der Waals surface area contributed by atoms with Crippen molar-refractivity contribution in [2.75, 3.05) is 12.4 Å². The molecule has 2 rings (SSSR count). The Balaban J connectivity index is 2.31. The molecular weight excluding hydrogens is 260 g/mol. The first-order chi connectivity index (χ1) is 9.10. The molecule has 2 heterocycles. The van der Waals surface area contributed by atoms with Gasteiger partial charge in [-0.25, -0.2) is 4.98 Å². The minimum Gasteiger partial charge on any atom is -0.357 e. The molecule has 0 fully saturated rings. The first-order valence-corrected chi connectivity index (χ1v) is 7.07. The molecule has 0 saturated heterocycles. The van der Waals surface area contributed by atoms with Crippen molar-refractivity contribution in [1.29, 1.82) is 0 Å². The Morgan fingerprint density at radius 2 is 2.00 bits per heavy atom. The zero-order valence-corrected chi connectivity index (χ0v) is 12.3. The Morgan fingerprint density at radius 1 is 1.21 bits per heavy atom. The third-order valence-corrected chi connectivity index (χ3v) is 4.10. The summed E-state index contributed by atoms with van der Waals surface area (Å²) in [5, 5.41) is 4.14. The quantitative estimate of drug-likeness (QED) is 0.846. The highest BCUT2D eigenvalue weighted by molar-refractivity contribution is 7.99. The maximum Gasteiger partial charge on any atom is 0.240 e. The third-order valence-electron chi connectivity index (χ3n) is 2.79. The average molecular weight is 278 g/mol. The number of hydrogen-bond donors (Lipinski definition) is 1. The summed E-state index contributed by atoms with van der Waals surface area (Å²) in [6.07, 6.45) is 5.19. The van der Waals surface area contributed by atoms with Gasteiger partial charge in [0.2, 0.25) is 11.9 Å². The predicted molar refractivity (Wildman–Crippen MR) is 76.7 cm³/mol. The Morgan fingerprint density at radius 3 is 2.58 bits per heavy atom. The molecule has 0 aliphatic heterocycles. The summed E-state index contributed by atoms with van der Waals surface area (Å²) >= 11 is 1.66. The molecule has 2 aromatic heterocycles. The molecular formula is C12H18N6S. The van der Waals surface area contributed by atoms with Gasteiger partial charge in [0, 0.05) is 24.7 Å². The second kappa shape index (κ2) is 6.01. The molecule has 102 valence electrons. The fourth-order valence-electron chi connectivity index (χ4n) is 1.31. The fourth-order valence-corrected chi connectivity index (χ4v) is 2.18. The fraction of sp³-hybridized carbons (Fsp3) is 0.500. The van der Waals surface area contributed by atoms with Crippen molar-refractivity contribution < 1.29 is 0 Å². The van der Waals surface area contributed by atoms with Crippen molar-refractivity contribution in [1.82, 2.24) is 24.5 Å². The lowest BCUT2D eigenvalue weighted by Gasteiger charge is -2.14. The Hall–Kier alpha value is -1.63. The summed E-state index contributed by atoms with van der Waals surface area (Å²) in [7, 11) is 1.80. The zero-order chi connectivity index (χ0) is 13.8. The highest BCUT2D eigenvalue weighted by Gasteiger charge is 2.13. The summed E-state index contributed by atoms with van der Waals surface area (Å²) in [5.41, 5.74) is 0. The van der Waals surface area contributed by atoms with E-state index >= 15 is 0 Å². The molecule has 0 amide bonds. The summed E-state index contributed by atoms with van der Waals surface area (Å²) in [5.74, 6) is 1.71. The van der Waals surface area contributed by atoms with Crippen LogP contribution in [0, 0.1) is 5.92 Å². The molecule has 0 aliphatic rings. The van der Waals surface area contributed by atoms with Crippen molar-refractivity contribution in [3.05, 3.63) is 18.7 Å². The van der Waals surface area contributed by atoms with Gasteiger partial charge in [-0.15, -0.1) is 0 Å². The van der Waals surface area contributed by atoms with Crippen LogP contribution in [0.4, 0.5) is 5.95 Å². The average Bonchev–Trinajstić information content (AvgIpc) is 2.92. The van der Waals surface area contributed by atoms with E-state index in [1.54, 1.807) is 35.9 Å². The number of nitrogens with one attached hydrogen (secondary N) is 1. The van der Waals surface area contributed by atoms with Crippen LogP contribution in [0.5, 0.6) is 0 Å². The van der Waals surface area contributed by atoms with Crippen LogP contribution in [-0.2, 0) is 0 Å². The molecule has 0 spiro atoms. The summed E-state index contributed by atoms with van der Waals surface area (Å²) < 4.78 is 1.77. The van der Waals surface area contributed by atoms with Crippen LogP contribution >= 0.6 is 11.8 Å². The molecule has 2 aromatic rings. The molecule has 0 aromatic carbocycles. The molecule has 0 aliphatic carbocycles. The molecule has 7 heteroatoms. The van der Waals surface area contributed by atoms with E-state index in [0.717, 1.165) is 5.16 Å². The number of rotatable bonds is 5. The molecule has 0 bridgehead atoms. The lowest BCUT2D eigenvalue weighted by Crippen LogP contribution is -2.10. The van der Waals surface area contributed by atoms with Gasteiger partial charge < -0.3 is 5.32 Å². The number of nitrogens with zero attached hydrogens (tertiary/aromatic N) is 5. The minimum absolute atomic E-state index is 0.447. The summed E-state index contributed by atoms with van der Waals surface area (Å²) in [6, 6.07) is 0. The van der Waals surface area contributed by atoms with Crippen molar-refractivity contribution in [2.24, 2.45) is 5.92 Å². The van der Waals surface area contributed by atoms with E-state index in [0.29, 0.717) is 23.1 Å². The van der Waals surface area contributed by atoms with Gasteiger partial charge in [0.1, 0.15) is 6.33 Å². The predicted octanol–water partition coefficient (Wildman–Crippen LogP) is 2.24. The topological polar surface area (TPSA) is 68.5 Å². The van der Waals surface area contributed by atoms with E-state index in [2.05, 4.69) is 46.0 Å². The van der Waals surface area contributed by atoms with Crippen LogP contribution in [0.25, 0.3) is 5.95 Å². The second-order valence-electron chi connectivity index (χ2n) is 4.53. The zero-order valence-electron chi connectivity index (χ0n) is 11.5. The van der Waals surface area contributed by atoms with Gasteiger partial charge in [0.05, 0.1) is 0 Å². The molecule has 1 unspecified atom stereocenters. The van der Waals surface area contributed by atoms with E-state index in [-0.39, 0.29) is 0 Å². The lowest BCUT2D eigenvalue weighted by atomic mass is 10.2. The van der Waals surface area contributed by atoms with Crippen LogP contribution in [0.15, 0.2) is 23.9 Å². The van der Waals surface area contributed by atoms with Crippen LogP contribution in [0.3, 0.4) is 0 Å². The van der Waals surface area contributed by atoms with Gasteiger partial charge in [0.25, 0.3) is 0 Å². The Labute approximate surface area is 117 Å². The van der Waals surface area contributed by atoms with Crippen molar-refractivity contribution in [2.45, 2.75) is 31.2 Å². The SMILES string of the molecule is CNc1nc(SC(C)C(C)C)nc(-n2ccnc2)n1. The van der Waals surface area contributed by atoms with Gasteiger partial charge in [-0.05, 0) is 5.92 Å². The molecule has 19 heavy (non-hydrogen) atoms. The number of thioether (sulfide) groups is 1. The Kier molecular flexibility index (Phi) is 4.36. The Bertz CT molecular complexity index is 525. The number of hydrogen-bond acceptors (Lipinski definition) is 6. The van der Waals surface area contributed by atoms with Gasteiger partial charge in [0.15, 0.2) is 5.16 Å². The van der Waals surface area contributed by atoms with E-state index in [9.17, 15) is 0 Å². The largest absolute Gasteiger partial charge is 0.357 e. The molecule has 6 nitrogen and oxygen atoms in total. The van der Waals surface area contributed by atoms with Crippen molar-refractivity contribution in [3.8, 4) is 5.95 Å². The standard InChI is InChI=1S/C12H18N6S/c1-8(2)9(3)19-12-16-10(13-4)15-11(17-12)18-6-5-14-7-18/h5-9H,1-4H3,(H,13,15,16,17). The molecule has 1 atom stereocenters. The van der Waals surface area contributed by atoms with Crippen LogP contribution in [0.1, 0.15) is 20.8 Å². The maximum absolute atomic E-state index is 4.47. The van der Waals surface area contributed by atoms with Gasteiger partial charge in [-0.2, -0.15) is 15.0 Å². The van der Waals surface area contributed by atoms with Crippen LogP contribution in [0.2, 0.25) is 0 Å². The first-order valence-electron chi connectivity index (χ1n) is 6.19.